The quantitative estimate of drug-likeness (QED) is 0.621. The first kappa shape index (κ1) is 17.8. The topological polar surface area (TPSA) is 45.9 Å². The first-order valence-corrected chi connectivity index (χ1v) is 9.90. The van der Waals surface area contributed by atoms with Crippen LogP contribution in [-0.4, -0.2) is 44.2 Å². The molecule has 1 saturated heterocycles. The molecule has 140 valence electrons. The number of esters is 1. The van der Waals surface area contributed by atoms with Crippen molar-refractivity contribution in [3.63, 3.8) is 0 Å². The molecule has 0 aliphatic carbocycles. The summed E-state index contributed by atoms with van der Waals surface area (Å²) in [6.45, 7) is 4.79. The fraction of sp³-hybridized carbons (Fsp3) is 0.286. The van der Waals surface area contributed by atoms with Gasteiger partial charge in [-0.1, -0.05) is 18.2 Å². The van der Waals surface area contributed by atoms with Crippen LogP contribution in [0.1, 0.15) is 15.4 Å². The molecule has 0 atom stereocenters. The van der Waals surface area contributed by atoms with Gasteiger partial charge in [0.05, 0.1) is 13.7 Å². The molecule has 0 radical (unpaired) electrons. The Morgan fingerprint density at radius 3 is 2.59 bits per heavy atom. The van der Waals surface area contributed by atoms with E-state index < -0.39 is 0 Å². The highest BCUT2D eigenvalue weighted by molar-refractivity contribution is 7.12. The Balaban J connectivity index is 1.38. The lowest BCUT2D eigenvalue weighted by Gasteiger charge is -2.35. The Hall–Kier alpha value is -2.57. The van der Waals surface area contributed by atoms with Gasteiger partial charge >= 0.3 is 5.97 Å². The van der Waals surface area contributed by atoms with Crippen LogP contribution in [0.15, 0.2) is 58.3 Å². The molecule has 3 heterocycles. The molecule has 6 heteroatoms. The van der Waals surface area contributed by atoms with Crippen LogP contribution in [0.3, 0.4) is 0 Å². The third-order valence-corrected chi connectivity index (χ3v) is 5.73. The number of para-hydroxylation sites is 1. The molecule has 5 nitrogen and oxygen atoms in total. The number of thiophene rings is 1. The molecule has 0 unspecified atom stereocenters. The van der Waals surface area contributed by atoms with Crippen LogP contribution < -0.4 is 4.90 Å². The van der Waals surface area contributed by atoms with Gasteiger partial charge in [-0.2, -0.15) is 0 Å². The van der Waals surface area contributed by atoms with E-state index in [1.165, 1.54) is 24.1 Å². The van der Waals surface area contributed by atoms with Crippen molar-refractivity contribution in [1.29, 1.82) is 0 Å². The monoisotopic (exact) mass is 382 g/mol. The zero-order valence-corrected chi connectivity index (χ0v) is 16.1. The van der Waals surface area contributed by atoms with Crippen LogP contribution in [0, 0.1) is 0 Å². The Kier molecular flexibility index (Phi) is 5.27. The molecule has 0 N–H and O–H groups in total. The lowest BCUT2D eigenvalue weighted by Crippen LogP contribution is -2.45. The minimum absolute atomic E-state index is 0.324. The van der Waals surface area contributed by atoms with Crippen molar-refractivity contribution in [2.45, 2.75) is 6.54 Å². The predicted molar refractivity (Wildman–Crippen MR) is 107 cm³/mol. The Bertz CT molecular complexity index is 895. The summed E-state index contributed by atoms with van der Waals surface area (Å²) in [5, 5.41) is 1.88. The number of carbonyl (C=O) groups is 1. The fourth-order valence-corrected chi connectivity index (χ4v) is 4.20. The smallest absolute Gasteiger partial charge is 0.348 e. The minimum atomic E-state index is -0.324. The maximum absolute atomic E-state index is 11.9. The van der Waals surface area contributed by atoms with Gasteiger partial charge in [-0.15, -0.1) is 11.3 Å². The zero-order chi connectivity index (χ0) is 18.6. The van der Waals surface area contributed by atoms with Crippen LogP contribution in [0.25, 0.3) is 11.3 Å². The van der Waals surface area contributed by atoms with Crippen molar-refractivity contribution >= 4 is 23.0 Å². The molecule has 1 aliphatic heterocycles. The molecule has 0 bridgehead atoms. The molecule has 4 rings (SSSR count). The maximum atomic E-state index is 11.9. The van der Waals surface area contributed by atoms with Crippen LogP contribution in [-0.2, 0) is 11.3 Å². The predicted octanol–water partition coefficient (Wildman–Crippen LogP) is 4.12. The summed E-state index contributed by atoms with van der Waals surface area (Å²) in [5.41, 5.74) is 2.08. The van der Waals surface area contributed by atoms with E-state index in [9.17, 15) is 4.79 Å². The second-order valence-corrected chi connectivity index (χ2v) is 7.44. The lowest BCUT2D eigenvalue weighted by atomic mass is 10.2. The number of nitrogens with zero attached hydrogens (tertiary/aromatic N) is 2. The zero-order valence-electron chi connectivity index (χ0n) is 15.3. The molecular formula is C21H22N2O3S. The highest BCUT2D eigenvalue weighted by Crippen LogP contribution is 2.31. The van der Waals surface area contributed by atoms with Gasteiger partial charge < -0.3 is 14.1 Å². The second kappa shape index (κ2) is 7.98. The number of methoxy groups -OCH3 is 1. The molecule has 2 aromatic heterocycles. The number of furan rings is 1. The standard InChI is InChI=1S/C21H22N2O3S/c1-25-21(24)20-18(9-14-27-20)19-8-7-17(26-19)15-22-10-12-23(13-11-22)16-5-3-2-4-6-16/h2-9,14H,10-13,15H2,1H3. The Morgan fingerprint density at radius 1 is 1.07 bits per heavy atom. The van der Waals surface area contributed by atoms with Crippen molar-refractivity contribution in [2.75, 3.05) is 38.2 Å². The van der Waals surface area contributed by atoms with Crippen molar-refractivity contribution < 1.29 is 13.9 Å². The average molecular weight is 382 g/mol. The Morgan fingerprint density at radius 2 is 1.85 bits per heavy atom. The lowest BCUT2D eigenvalue weighted by molar-refractivity contribution is 0.0607. The SMILES string of the molecule is COC(=O)c1sccc1-c1ccc(CN2CCN(c3ccccc3)CC2)o1. The summed E-state index contributed by atoms with van der Waals surface area (Å²) < 4.78 is 10.9. The molecule has 1 aliphatic rings. The highest BCUT2D eigenvalue weighted by atomic mass is 32.1. The normalized spacial score (nSPS) is 15.1. The highest BCUT2D eigenvalue weighted by Gasteiger charge is 2.20. The van der Waals surface area contributed by atoms with E-state index >= 15 is 0 Å². The van der Waals surface area contributed by atoms with Gasteiger partial charge in [-0.25, -0.2) is 4.79 Å². The molecule has 3 aromatic rings. The van der Waals surface area contributed by atoms with E-state index in [1.54, 1.807) is 0 Å². The number of hydrogen-bond donors (Lipinski definition) is 0. The van der Waals surface area contributed by atoms with Gasteiger partial charge in [0.1, 0.15) is 16.4 Å². The van der Waals surface area contributed by atoms with Gasteiger partial charge in [0, 0.05) is 37.4 Å². The van der Waals surface area contributed by atoms with Crippen molar-refractivity contribution in [3.05, 3.63) is 64.5 Å². The van der Waals surface area contributed by atoms with E-state index in [0.717, 1.165) is 49.8 Å². The van der Waals surface area contributed by atoms with Gasteiger partial charge in [0.25, 0.3) is 0 Å². The third-order valence-electron chi connectivity index (χ3n) is 4.84. The van der Waals surface area contributed by atoms with Gasteiger partial charge in [-0.05, 0) is 35.7 Å². The molecular weight excluding hydrogens is 360 g/mol. The summed E-state index contributed by atoms with van der Waals surface area (Å²) in [4.78, 5) is 17.3. The average Bonchev–Trinajstić information content (AvgIpc) is 3.38. The van der Waals surface area contributed by atoms with Gasteiger partial charge in [0.15, 0.2) is 0 Å². The van der Waals surface area contributed by atoms with Crippen molar-refractivity contribution in [1.82, 2.24) is 4.90 Å². The van der Waals surface area contributed by atoms with Crippen molar-refractivity contribution in [2.24, 2.45) is 0 Å². The fourth-order valence-electron chi connectivity index (χ4n) is 3.39. The summed E-state index contributed by atoms with van der Waals surface area (Å²) in [6, 6.07) is 16.4. The summed E-state index contributed by atoms with van der Waals surface area (Å²) in [6.07, 6.45) is 0. The first-order chi connectivity index (χ1) is 13.2. The van der Waals surface area contributed by atoms with E-state index in [4.69, 9.17) is 9.15 Å². The van der Waals surface area contributed by atoms with Crippen LogP contribution in [0.5, 0.6) is 0 Å². The number of carbonyl (C=O) groups excluding carboxylic acids is 1. The van der Waals surface area contributed by atoms with Gasteiger partial charge in [0.2, 0.25) is 0 Å². The molecule has 0 spiro atoms. The summed E-state index contributed by atoms with van der Waals surface area (Å²) >= 11 is 1.37. The van der Waals surface area contributed by atoms with E-state index in [0.29, 0.717) is 4.88 Å². The van der Waals surface area contributed by atoms with E-state index in [-0.39, 0.29) is 5.97 Å². The molecule has 1 aromatic carbocycles. The summed E-state index contributed by atoms with van der Waals surface area (Å²) in [7, 11) is 1.40. The number of rotatable bonds is 5. The van der Waals surface area contributed by atoms with E-state index in [2.05, 4.69) is 34.1 Å². The van der Waals surface area contributed by atoms with E-state index in [1.807, 2.05) is 29.6 Å². The summed E-state index contributed by atoms with van der Waals surface area (Å²) in [5.74, 6) is 1.31. The van der Waals surface area contributed by atoms with Crippen molar-refractivity contribution in [3.8, 4) is 11.3 Å². The number of hydrogen-bond acceptors (Lipinski definition) is 6. The second-order valence-electron chi connectivity index (χ2n) is 6.52. The third kappa shape index (κ3) is 3.91. The molecule has 1 fully saturated rings. The van der Waals surface area contributed by atoms with Crippen LogP contribution >= 0.6 is 11.3 Å². The largest absolute Gasteiger partial charge is 0.465 e. The van der Waals surface area contributed by atoms with Gasteiger partial charge in [-0.3, -0.25) is 4.90 Å². The van der Waals surface area contributed by atoms with Crippen LogP contribution in [0.4, 0.5) is 5.69 Å². The first-order valence-electron chi connectivity index (χ1n) is 9.02. The van der Waals surface area contributed by atoms with Crippen LogP contribution in [0.2, 0.25) is 0 Å². The number of ether oxygens (including phenoxy) is 1. The molecule has 0 saturated carbocycles. The number of piperazine rings is 1. The molecule has 0 amide bonds. The minimum Gasteiger partial charge on any atom is -0.465 e. The molecule has 27 heavy (non-hydrogen) atoms. The number of benzene rings is 1. The number of anilines is 1. The Labute approximate surface area is 162 Å². The maximum Gasteiger partial charge on any atom is 0.348 e.